The average molecular weight is 307 g/mol. The molecule has 1 aromatic carbocycles. The molecule has 0 aliphatic rings. The first kappa shape index (κ1) is 12.6. The van der Waals surface area contributed by atoms with E-state index in [0.717, 1.165) is 10.0 Å². The summed E-state index contributed by atoms with van der Waals surface area (Å²) in [5.41, 5.74) is 6.48. The molecule has 0 radical (unpaired) electrons. The number of para-hydroxylation sites is 1. The SMILES string of the molecule is Cc1cc(Br)cnc1Oc1ccccc1C(N)=O. The normalized spacial score (nSPS) is 10.1. The van der Waals surface area contributed by atoms with Crippen molar-refractivity contribution < 1.29 is 9.53 Å². The zero-order valence-electron chi connectivity index (χ0n) is 9.68. The summed E-state index contributed by atoms with van der Waals surface area (Å²) in [4.78, 5) is 15.4. The van der Waals surface area contributed by atoms with Crippen LogP contribution >= 0.6 is 15.9 Å². The second kappa shape index (κ2) is 5.18. The standard InChI is InChI=1S/C13H11BrN2O2/c1-8-6-9(14)7-16-13(8)18-11-5-3-2-4-10(11)12(15)17/h2-7H,1H3,(H2,15,17). The molecule has 0 aliphatic heterocycles. The van der Waals surface area contributed by atoms with E-state index in [2.05, 4.69) is 20.9 Å². The van der Waals surface area contributed by atoms with E-state index in [4.69, 9.17) is 10.5 Å². The Labute approximate surface area is 113 Å². The highest BCUT2D eigenvalue weighted by atomic mass is 79.9. The molecular weight excluding hydrogens is 296 g/mol. The molecule has 2 rings (SSSR count). The van der Waals surface area contributed by atoms with Crippen molar-refractivity contribution in [1.82, 2.24) is 4.98 Å². The summed E-state index contributed by atoms with van der Waals surface area (Å²) in [6, 6.07) is 8.69. The number of amides is 1. The minimum Gasteiger partial charge on any atom is -0.438 e. The zero-order chi connectivity index (χ0) is 13.1. The van der Waals surface area contributed by atoms with Gasteiger partial charge in [0.05, 0.1) is 5.56 Å². The average Bonchev–Trinajstić information content (AvgIpc) is 2.33. The van der Waals surface area contributed by atoms with Crippen LogP contribution in [0.1, 0.15) is 15.9 Å². The smallest absolute Gasteiger partial charge is 0.252 e. The minimum absolute atomic E-state index is 0.335. The van der Waals surface area contributed by atoms with Crippen LogP contribution in [-0.2, 0) is 0 Å². The number of aryl methyl sites for hydroxylation is 1. The van der Waals surface area contributed by atoms with Gasteiger partial charge in [-0.05, 0) is 41.1 Å². The summed E-state index contributed by atoms with van der Waals surface area (Å²) in [7, 11) is 0. The van der Waals surface area contributed by atoms with Crippen molar-refractivity contribution in [2.75, 3.05) is 0 Å². The van der Waals surface area contributed by atoms with Gasteiger partial charge in [-0.15, -0.1) is 0 Å². The van der Waals surface area contributed by atoms with E-state index in [1.54, 1.807) is 30.5 Å². The van der Waals surface area contributed by atoms with E-state index in [0.29, 0.717) is 17.2 Å². The van der Waals surface area contributed by atoms with E-state index >= 15 is 0 Å². The van der Waals surface area contributed by atoms with Gasteiger partial charge in [-0.2, -0.15) is 0 Å². The number of carbonyl (C=O) groups excluding carboxylic acids is 1. The lowest BCUT2D eigenvalue weighted by Gasteiger charge is -2.10. The molecule has 2 aromatic rings. The van der Waals surface area contributed by atoms with Crippen LogP contribution in [0.2, 0.25) is 0 Å². The molecule has 0 atom stereocenters. The van der Waals surface area contributed by atoms with Gasteiger partial charge in [0.15, 0.2) is 0 Å². The molecular formula is C13H11BrN2O2. The molecule has 18 heavy (non-hydrogen) atoms. The van der Waals surface area contributed by atoms with Gasteiger partial charge in [-0.25, -0.2) is 4.98 Å². The number of nitrogens with zero attached hydrogens (tertiary/aromatic N) is 1. The Morgan fingerprint density at radius 1 is 1.39 bits per heavy atom. The van der Waals surface area contributed by atoms with Crippen molar-refractivity contribution in [3.8, 4) is 11.6 Å². The Balaban J connectivity index is 2.37. The second-order valence-electron chi connectivity index (χ2n) is 3.74. The second-order valence-corrected chi connectivity index (χ2v) is 4.65. The molecule has 0 saturated carbocycles. The van der Waals surface area contributed by atoms with E-state index in [9.17, 15) is 4.79 Å². The maximum atomic E-state index is 11.3. The quantitative estimate of drug-likeness (QED) is 0.948. The van der Waals surface area contributed by atoms with Gasteiger partial charge in [-0.1, -0.05) is 12.1 Å². The summed E-state index contributed by atoms with van der Waals surface area (Å²) in [6.07, 6.45) is 1.63. The summed E-state index contributed by atoms with van der Waals surface area (Å²) < 4.78 is 6.49. The van der Waals surface area contributed by atoms with E-state index in [-0.39, 0.29) is 0 Å². The van der Waals surface area contributed by atoms with Crippen LogP contribution in [0.5, 0.6) is 11.6 Å². The first-order chi connectivity index (χ1) is 8.58. The number of nitrogens with two attached hydrogens (primary N) is 1. The molecule has 0 aliphatic carbocycles. The maximum absolute atomic E-state index is 11.3. The maximum Gasteiger partial charge on any atom is 0.252 e. The first-order valence-corrected chi connectivity index (χ1v) is 6.06. The Bertz CT molecular complexity index is 599. The van der Waals surface area contributed by atoms with Crippen molar-refractivity contribution in [2.24, 2.45) is 5.73 Å². The highest BCUT2D eigenvalue weighted by molar-refractivity contribution is 9.10. The minimum atomic E-state index is -0.527. The predicted octanol–water partition coefficient (Wildman–Crippen LogP) is 3.04. The van der Waals surface area contributed by atoms with Crippen molar-refractivity contribution in [3.63, 3.8) is 0 Å². The van der Waals surface area contributed by atoms with Crippen molar-refractivity contribution in [2.45, 2.75) is 6.92 Å². The van der Waals surface area contributed by atoms with E-state index in [1.807, 2.05) is 13.0 Å². The van der Waals surface area contributed by atoms with Crippen LogP contribution in [0.25, 0.3) is 0 Å². The molecule has 1 amide bonds. The monoisotopic (exact) mass is 306 g/mol. The molecule has 0 saturated heterocycles. The lowest BCUT2D eigenvalue weighted by Crippen LogP contribution is -2.12. The number of halogens is 1. The Kier molecular flexibility index (Phi) is 3.62. The molecule has 0 spiro atoms. The van der Waals surface area contributed by atoms with Gasteiger partial charge in [0.25, 0.3) is 5.91 Å². The topological polar surface area (TPSA) is 65.2 Å². The van der Waals surface area contributed by atoms with Crippen LogP contribution in [-0.4, -0.2) is 10.9 Å². The number of benzene rings is 1. The van der Waals surface area contributed by atoms with Crippen molar-refractivity contribution in [3.05, 3.63) is 52.1 Å². The third-order valence-corrected chi connectivity index (χ3v) is 2.79. The molecule has 1 aromatic heterocycles. The molecule has 0 fully saturated rings. The summed E-state index contributed by atoms with van der Waals surface area (Å²) in [5.74, 6) is 0.329. The predicted molar refractivity (Wildman–Crippen MR) is 71.7 cm³/mol. The highest BCUT2D eigenvalue weighted by Gasteiger charge is 2.11. The zero-order valence-corrected chi connectivity index (χ0v) is 11.3. The third kappa shape index (κ3) is 2.68. The van der Waals surface area contributed by atoms with Crippen LogP contribution in [0, 0.1) is 6.92 Å². The Hall–Kier alpha value is -1.88. The van der Waals surface area contributed by atoms with Crippen LogP contribution in [0.4, 0.5) is 0 Å². The van der Waals surface area contributed by atoms with Crippen LogP contribution < -0.4 is 10.5 Å². The van der Waals surface area contributed by atoms with Gasteiger partial charge >= 0.3 is 0 Å². The number of hydrogen-bond acceptors (Lipinski definition) is 3. The largest absolute Gasteiger partial charge is 0.438 e. The summed E-state index contributed by atoms with van der Waals surface area (Å²) >= 11 is 3.33. The lowest BCUT2D eigenvalue weighted by molar-refractivity contribution is 0.0998. The van der Waals surface area contributed by atoms with Crippen LogP contribution in [0.15, 0.2) is 41.0 Å². The van der Waals surface area contributed by atoms with Crippen molar-refractivity contribution in [1.29, 1.82) is 0 Å². The number of hydrogen-bond donors (Lipinski definition) is 1. The number of rotatable bonds is 3. The van der Waals surface area contributed by atoms with Gasteiger partial charge in [0.2, 0.25) is 5.88 Å². The molecule has 5 heteroatoms. The third-order valence-electron chi connectivity index (χ3n) is 2.36. The van der Waals surface area contributed by atoms with Crippen LogP contribution in [0.3, 0.4) is 0 Å². The lowest BCUT2D eigenvalue weighted by atomic mass is 10.2. The van der Waals surface area contributed by atoms with E-state index < -0.39 is 5.91 Å². The Morgan fingerprint density at radius 3 is 2.78 bits per heavy atom. The number of pyridine rings is 1. The first-order valence-electron chi connectivity index (χ1n) is 5.27. The van der Waals surface area contributed by atoms with Gasteiger partial charge in [0, 0.05) is 16.2 Å². The van der Waals surface area contributed by atoms with Gasteiger partial charge < -0.3 is 10.5 Å². The molecule has 92 valence electrons. The number of ether oxygens (including phenoxy) is 1. The molecule has 0 bridgehead atoms. The number of primary amides is 1. The fourth-order valence-corrected chi connectivity index (χ4v) is 1.94. The van der Waals surface area contributed by atoms with Gasteiger partial charge in [0.1, 0.15) is 5.75 Å². The molecule has 1 heterocycles. The summed E-state index contributed by atoms with van der Waals surface area (Å²) in [5, 5.41) is 0. The fraction of sp³-hybridized carbons (Fsp3) is 0.0769. The van der Waals surface area contributed by atoms with Crippen molar-refractivity contribution >= 4 is 21.8 Å². The molecule has 2 N–H and O–H groups in total. The number of aromatic nitrogens is 1. The summed E-state index contributed by atoms with van der Waals surface area (Å²) in [6.45, 7) is 1.87. The fourth-order valence-electron chi connectivity index (χ4n) is 1.50. The highest BCUT2D eigenvalue weighted by Crippen LogP contribution is 2.27. The van der Waals surface area contributed by atoms with E-state index in [1.165, 1.54) is 0 Å². The number of carbonyl (C=O) groups is 1. The Morgan fingerprint density at radius 2 is 2.11 bits per heavy atom. The molecule has 4 nitrogen and oxygen atoms in total. The van der Waals surface area contributed by atoms with Gasteiger partial charge in [-0.3, -0.25) is 4.79 Å². The molecule has 0 unspecified atom stereocenters.